The molecule has 0 saturated carbocycles. The standard InChI is InChI=1S/C11H13N3O2S/c1-8-3-4-10(9(2)7-8)17(15,16)14-6-5-11(12)13-14/h3-7H,1-2H3,(H2,12,13). The van der Waals surface area contributed by atoms with Crippen LogP contribution < -0.4 is 5.73 Å². The summed E-state index contributed by atoms with van der Waals surface area (Å²) in [6.45, 7) is 3.67. The zero-order valence-corrected chi connectivity index (χ0v) is 10.4. The second kappa shape index (κ2) is 3.89. The molecular weight excluding hydrogens is 238 g/mol. The third-order valence-electron chi connectivity index (χ3n) is 2.44. The molecule has 0 saturated heterocycles. The Morgan fingerprint density at radius 3 is 2.47 bits per heavy atom. The highest BCUT2D eigenvalue weighted by Crippen LogP contribution is 2.19. The Balaban J connectivity index is 2.60. The second-order valence-electron chi connectivity index (χ2n) is 3.89. The van der Waals surface area contributed by atoms with Crippen molar-refractivity contribution in [1.29, 1.82) is 0 Å². The van der Waals surface area contributed by atoms with Crippen LogP contribution in [-0.4, -0.2) is 17.6 Å². The molecule has 0 fully saturated rings. The first kappa shape index (κ1) is 11.7. The highest BCUT2D eigenvalue weighted by Gasteiger charge is 2.19. The van der Waals surface area contributed by atoms with Gasteiger partial charge in [0.2, 0.25) is 0 Å². The summed E-state index contributed by atoms with van der Waals surface area (Å²) < 4.78 is 25.3. The van der Waals surface area contributed by atoms with Crippen LogP contribution in [0.25, 0.3) is 0 Å². The van der Waals surface area contributed by atoms with Gasteiger partial charge in [0, 0.05) is 12.3 Å². The summed E-state index contributed by atoms with van der Waals surface area (Å²) in [4.78, 5) is 0.242. The number of anilines is 1. The Morgan fingerprint density at radius 2 is 1.94 bits per heavy atom. The van der Waals surface area contributed by atoms with E-state index in [0.29, 0.717) is 5.56 Å². The smallest absolute Gasteiger partial charge is 0.283 e. The van der Waals surface area contributed by atoms with Crippen LogP contribution in [0.15, 0.2) is 35.4 Å². The van der Waals surface area contributed by atoms with Crippen LogP contribution in [0.5, 0.6) is 0 Å². The lowest BCUT2D eigenvalue weighted by molar-refractivity contribution is 0.579. The molecule has 17 heavy (non-hydrogen) atoms. The summed E-state index contributed by atoms with van der Waals surface area (Å²) in [7, 11) is -3.64. The number of hydrogen-bond acceptors (Lipinski definition) is 4. The molecule has 0 aliphatic carbocycles. The number of benzene rings is 1. The molecule has 0 spiro atoms. The molecular formula is C11H13N3O2S. The molecule has 1 heterocycles. The van der Waals surface area contributed by atoms with Crippen LogP contribution in [0.4, 0.5) is 5.82 Å². The van der Waals surface area contributed by atoms with Gasteiger partial charge < -0.3 is 5.73 Å². The van der Waals surface area contributed by atoms with Crippen LogP contribution in [-0.2, 0) is 10.0 Å². The molecule has 0 radical (unpaired) electrons. The van der Waals surface area contributed by atoms with Gasteiger partial charge >= 0.3 is 0 Å². The number of hydrogen-bond donors (Lipinski definition) is 1. The minimum absolute atomic E-state index is 0.179. The first-order valence-electron chi connectivity index (χ1n) is 5.05. The molecule has 2 aromatic rings. The fourth-order valence-electron chi connectivity index (χ4n) is 1.64. The Labute approximate surface area is 99.9 Å². The van der Waals surface area contributed by atoms with Crippen molar-refractivity contribution < 1.29 is 8.42 Å². The molecule has 0 amide bonds. The summed E-state index contributed by atoms with van der Waals surface area (Å²) in [5.41, 5.74) is 7.13. The normalized spacial score (nSPS) is 11.6. The van der Waals surface area contributed by atoms with Crippen molar-refractivity contribution in [2.24, 2.45) is 0 Å². The van der Waals surface area contributed by atoms with E-state index in [0.717, 1.165) is 9.65 Å². The lowest BCUT2D eigenvalue weighted by Crippen LogP contribution is -2.15. The van der Waals surface area contributed by atoms with Gasteiger partial charge in [-0.1, -0.05) is 17.7 Å². The third kappa shape index (κ3) is 2.03. The molecule has 0 aliphatic rings. The minimum Gasteiger partial charge on any atom is -0.382 e. The molecule has 0 atom stereocenters. The number of nitrogens with two attached hydrogens (primary N) is 1. The van der Waals surface area contributed by atoms with Crippen LogP contribution in [0.3, 0.4) is 0 Å². The average Bonchev–Trinajstić information content (AvgIpc) is 2.64. The molecule has 0 bridgehead atoms. The largest absolute Gasteiger partial charge is 0.382 e. The Hall–Kier alpha value is -1.82. The van der Waals surface area contributed by atoms with Gasteiger partial charge in [-0.05, 0) is 25.5 Å². The van der Waals surface area contributed by atoms with Crippen molar-refractivity contribution in [3.05, 3.63) is 41.6 Å². The van der Waals surface area contributed by atoms with E-state index >= 15 is 0 Å². The fourth-order valence-corrected chi connectivity index (χ4v) is 2.97. The zero-order chi connectivity index (χ0) is 12.6. The van der Waals surface area contributed by atoms with E-state index in [1.54, 1.807) is 19.1 Å². The molecule has 5 nitrogen and oxygen atoms in total. The predicted molar refractivity (Wildman–Crippen MR) is 65.1 cm³/mol. The van der Waals surface area contributed by atoms with Gasteiger partial charge in [-0.2, -0.15) is 12.5 Å². The lowest BCUT2D eigenvalue weighted by atomic mass is 10.2. The minimum atomic E-state index is -3.64. The van der Waals surface area contributed by atoms with E-state index in [1.807, 2.05) is 13.0 Å². The summed E-state index contributed by atoms with van der Waals surface area (Å²) >= 11 is 0. The number of nitrogen functional groups attached to an aromatic ring is 1. The van der Waals surface area contributed by atoms with E-state index in [4.69, 9.17) is 5.73 Å². The van der Waals surface area contributed by atoms with E-state index in [9.17, 15) is 8.42 Å². The highest BCUT2D eigenvalue weighted by molar-refractivity contribution is 7.89. The molecule has 2 rings (SSSR count). The first-order valence-corrected chi connectivity index (χ1v) is 6.49. The van der Waals surface area contributed by atoms with Gasteiger partial charge in [-0.3, -0.25) is 0 Å². The molecule has 1 aromatic carbocycles. The van der Waals surface area contributed by atoms with E-state index in [2.05, 4.69) is 5.10 Å². The Morgan fingerprint density at radius 1 is 1.24 bits per heavy atom. The molecule has 0 aliphatic heterocycles. The van der Waals surface area contributed by atoms with E-state index < -0.39 is 10.0 Å². The number of nitrogens with zero attached hydrogens (tertiary/aromatic N) is 2. The fraction of sp³-hybridized carbons (Fsp3) is 0.182. The van der Waals surface area contributed by atoms with Gasteiger partial charge in [-0.15, -0.1) is 5.10 Å². The Kier molecular flexibility index (Phi) is 2.66. The maximum Gasteiger partial charge on any atom is 0.283 e. The summed E-state index contributed by atoms with van der Waals surface area (Å²) in [6.07, 6.45) is 1.34. The van der Waals surface area contributed by atoms with Crippen LogP contribution in [0.2, 0.25) is 0 Å². The molecule has 0 unspecified atom stereocenters. The van der Waals surface area contributed by atoms with Gasteiger partial charge in [0.15, 0.2) is 0 Å². The maximum atomic E-state index is 12.2. The number of aryl methyl sites for hydroxylation is 2. The van der Waals surface area contributed by atoms with Gasteiger partial charge in [-0.25, -0.2) is 0 Å². The second-order valence-corrected chi connectivity index (χ2v) is 5.65. The number of rotatable bonds is 2. The Bertz CT molecular complexity index is 659. The summed E-state index contributed by atoms with van der Waals surface area (Å²) in [5, 5.41) is 3.73. The van der Waals surface area contributed by atoms with Crippen LogP contribution in [0.1, 0.15) is 11.1 Å². The molecule has 6 heteroatoms. The van der Waals surface area contributed by atoms with E-state index in [-0.39, 0.29) is 10.7 Å². The monoisotopic (exact) mass is 251 g/mol. The SMILES string of the molecule is Cc1ccc(S(=O)(=O)n2ccc(N)n2)c(C)c1. The molecule has 1 aromatic heterocycles. The van der Waals surface area contributed by atoms with Crippen molar-refractivity contribution in [2.45, 2.75) is 18.7 Å². The average molecular weight is 251 g/mol. The molecule has 90 valence electrons. The van der Waals surface area contributed by atoms with Crippen molar-refractivity contribution in [3.8, 4) is 0 Å². The van der Waals surface area contributed by atoms with Gasteiger partial charge in [0.25, 0.3) is 10.0 Å². The maximum absolute atomic E-state index is 12.2. The lowest BCUT2D eigenvalue weighted by Gasteiger charge is -2.08. The van der Waals surface area contributed by atoms with Crippen molar-refractivity contribution in [3.63, 3.8) is 0 Å². The summed E-state index contributed by atoms with van der Waals surface area (Å²) in [5.74, 6) is 0.179. The van der Waals surface area contributed by atoms with Crippen molar-refractivity contribution in [2.75, 3.05) is 5.73 Å². The van der Waals surface area contributed by atoms with Gasteiger partial charge in [0.1, 0.15) is 5.82 Å². The topological polar surface area (TPSA) is 78.0 Å². The van der Waals surface area contributed by atoms with E-state index in [1.165, 1.54) is 12.3 Å². The zero-order valence-electron chi connectivity index (χ0n) is 9.58. The van der Waals surface area contributed by atoms with Crippen molar-refractivity contribution in [1.82, 2.24) is 9.19 Å². The highest BCUT2D eigenvalue weighted by atomic mass is 32.2. The molecule has 2 N–H and O–H groups in total. The van der Waals surface area contributed by atoms with Gasteiger partial charge in [0.05, 0.1) is 4.90 Å². The van der Waals surface area contributed by atoms with Crippen LogP contribution >= 0.6 is 0 Å². The van der Waals surface area contributed by atoms with Crippen LogP contribution in [0, 0.1) is 13.8 Å². The first-order chi connectivity index (χ1) is 7.91. The third-order valence-corrected chi connectivity index (χ3v) is 4.15. The quantitative estimate of drug-likeness (QED) is 0.873. The van der Waals surface area contributed by atoms with Crippen molar-refractivity contribution >= 4 is 15.8 Å². The summed E-state index contributed by atoms with van der Waals surface area (Å²) in [6, 6.07) is 6.60. The predicted octanol–water partition coefficient (Wildman–Crippen LogP) is 1.32. The number of aromatic nitrogens is 2.